The number of esters is 1. The lowest BCUT2D eigenvalue weighted by atomic mass is 10.00. The Balaban J connectivity index is 1.51. The first kappa shape index (κ1) is 22.4. The monoisotopic (exact) mass is 446 g/mol. The molecule has 1 aliphatic rings. The van der Waals surface area contributed by atoms with E-state index in [9.17, 15) is 9.59 Å². The summed E-state index contributed by atoms with van der Waals surface area (Å²) in [4.78, 5) is 29.2. The predicted molar refractivity (Wildman–Crippen MR) is 121 cm³/mol. The van der Waals surface area contributed by atoms with Crippen LogP contribution in [0.1, 0.15) is 44.7 Å². The van der Waals surface area contributed by atoms with Crippen molar-refractivity contribution in [3.63, 3.8) is 0 Å². The summed E-state index contributed by atoms with van der Waals surface area (Å²) in [6.07, 6.45) is 6.63. The Kier molecular flexibility index (Phi) is 6.63. The molecular weight excluding hydrogens is 420 g/mol. The molecule has 1 aliphatic carbocycles. The van der Waals surface area contributed by atoms with Crippen LogP contribution in [0.15, 0.2) is 69.6 Å². The third-order valence-electron chi connectivity index (χ3n) is 5.92. The van der Waals surface area contributed by atoms with Gasteiger partial charge in [0.2, 0.25) is 0 Å². The number of pyridine rings is 1. The number of hydrogen-bond donors (Lipinski definition) is 0. The quantitative estimate of drug-likeness (QED) is 0.457. The van der Waals surface area contributed by atoms with Crippen molar-refractivity contribution < 1.29 is 18.7 Å². The number of methoxy groups -OCH3 is 1. The molecule has 8 nitrogen and oxygen atoms in total. The minimum atomic E-state index is -0.383. The molecule has 0 saturated heterocycles. The summed E-state index contributed by atoms with van der Waals surface area (Å²) >= 11 is 0. The molecule has 33 heavy (non-hydrogen) atoms. The number of hydrogen-bond acceptors (Lipinski definition) is 7. The largest absolute Gasteiger partial charge is 0.467 e. The highest BCUT2D eigenvalue weighted by Gasteiger charge is 2.26. The summed E-state index contributed by atoms with van der Waals surface area (Å²) in [6, 6.07) is 7.49. The van der Waals surface area contributed by atoms with Crippen LogP contribution < -0.4 is 0 Å². The first-order chi connectivity index (χ1) is 16.0. The van der Waals surface area contributed by atoms with E-state index in [1.54, 1.807) is 18.7 Å². The van der Waals surface area contributed by atoms with Crippen molar-refractivity contribution in [2.75, 3.05) is 7.11 Å². The summed E-state index contributed by atoms with van der Waals surface area (Å²) in [5, 5.41) is 8.71. The number of Topliss-reactive ketones (excluding diaryl/α,β-unsaturated/α-hetero) is 1. The van der Waals surface area contributed by atoms with E-state index in [-0.39, 0.29) is 18.2 Å². The second-order valence-electron chi connectivity index (χ2n) is 8.11. The molecule has 0 fully saturated rings. The van der Waals surface area contributed by atoms with Crippen LogP contribution in [-0.4, -0.2) is 38.6 Å². The van der Waals surface area contributed by atoms with Gasteiger partial charge in [0.1, 0.15) is 17.4 Å². The van der Waals surface area contributed by atoms with Crippen LogP contribution >= 0.6 is 0 Å². The smallest absolute Gasteiger partial charge is 0.338 e. The molecule has 170 valence electrons. The van der Waals surface area contributed by atoms with Crippen LogP contribution in [0.2, 0.25) is 0 Å². The molecule has 0 atom stereocenters. The summed E-state index contributed by atoms with van der Waals surface area (Å²) in [5.74, 6) is 1.79. The lowest BCUT2D eigenvalue weighted by Crippen LogP contribution is -2.11. The highest BCUT2D eigenvalue weighted by molar-refractivity contribution is 5.97. The Morgan fingerprint density at radius 2 is 2.03 bits per heavy atom. The zero-order valence-electron chi connectivity index (χ0n) is 19.0. The number of ketones is 1. The number of rotatable bonds is 9. The van der Waals surface area contributed by atoms with Gasteiger partial charge in [-0.25, -0.2) is 4.79 Å². The van der Waals surface area contributed by atoms with Gasteiger partial charge in [-0.05, 0) is 55.7 Å². The molecule has 0 amide bonds. The van der Waals surface area contributed by atoms with E-state index in [1.165, 1.54) is 7.11 Å². The number of carbonyl (C=O) groups is 2. The van der Waals surface area contributed by atoms with E-state index >= 15 is 0 Å². The molecule has 0 unspecified atom stereocenters. The average molecular weight is 447 g/mol. The van der Waals surface area contributed by atoms with Gasteiger partial charge in [0.05, 0.1) is 25.5 Å². The molecule has 3 aromatic heterocycles. The minimum Gasteiger partial charge on any atom is -0.467 e. The predicted octanol–water partition coefficient (Wildman–Crippen LogP) is 4.08. The Morgan fingerprint density at radius 3 is 2.73 bits per heavy atom. The number of ether oxygens (including phenoxy) is 1. The molecule has 0 radical (unpaired) electrons. The fourth-order valence-electron chi connectivity index (χ4n) is 4.10. The minimum absolute atomic E-state index is 0.0457. The fraction of sp³-hybridized carbons (Fsp3) is 0.320. The van der Waals surface area contributed by atoms with Crippen LogP contribution in [0.5, 0.6) is 0 Å². The summed E-state index contributed by atoms with van der Waals surface area (Å²) in [6.45, 7) is 4.33. The molecule has 0 aliphatic heterocycles. The highest BCUT2D eigenvalue weighted by Crippen LogP contribution is 2.34. The van der Waals surface area contributed by atoms with E-state index in [2.05, 4.69) is 15.2 Å². The van der Waals surface area contributed by atoms with Crippen LogP contribution in [0.25, 0.3) is 11.4 Å². The molecule has 0 aromatic carbocycles. The number of allylic oxidation sites excluding steroid dienone is 2. The van der Waals surface area contributed by atoms with Gasteiger partial charge < -0.3 is 13.7 Å². The number of aromatic nitrogens is 4. The van der Waals surface area contributed by atoms with Crippen LogP contribution in [0.4, 0.5) is 0 Å². The first-order valence-corrected chi connectivity index (χ1v) is 10.8. The van der Waals surface area contributed by atoms with Crippen LogP contribution in [-0.2, 0) is 27.3 Å². The van der Waals surface area contributed by atoms with Crippen molar-refractivity contribution in [1.29, 1.82) is 0 Å². The summed E-state index contributed by atoms with van der Waals surface area (Å²) < 4.78 is 12.4. The Hall–Kier alpha value is -3.81. The molecule has 0 N–H and O–H groups in total. The molecule has 0 bridgehead atoms. The molecule has 3 aromatic rings. The molecule has 8 heteroatoms. The van der Waals surface area contributed by atoms with Gasteiger partial charge in [0.15, 0.2) is 5.82 Å². The van der Waals surface area contributed by atoms with E-state index in [0.717, 1.165) is 28.0 Å². The summed E-state index contributed by atoms with van der Waals surface area (Å²) in [7, 11) is 1.36. The van der Waals surface area contributed by atoms with Crippen molar-refractivity contribution in [3.05, 3.63) is 76.8 Å². The van der Waals surface area contributed by atoms with Gasteiger partial charge in [-0.3, -0.25) is 9.78 Å². The zero-order chi connectivity index (χ0) is 23.4. The molecule has 0 spiro atoms. The Morgan fingerprint density at radius 1 is 1.18 bits per heavy atom. The van der Waals surface area contributed by atoms with E-state index in [0.29, 0.717) is 43.0 Å². The van der Waals surface area contributed by atoms with E-state index in [1.807, 2.05) is 42.7 Å². The van der Waals surface area contributed by atoms with E-state index < -0.39 is 0 Å². The van der Waals surface area contributed by atoms with Gasteiger partial charge in [-0.15, -0.1) is 10.2 Å². The van der Waals surface area contributed by atoms with Crippen molar-refractivity contribution in [1.82, 2.24) is 19.7 Å². The molecule has 0 saturated carbocycles. The Labute approximate surface area is 192 Å². The topological polar surface area (TPSA) is 100 Å². The number of carbonyl (C=O) groups excluding carboxylic acids is 2. The van der Waals surface area contributed by atoms with Crippen molar-refractivity contribution in [3.8, 4) is 11.4 Å². The maximum absolute atomic E-state index is 12.9. The maximum Gasteiger partial charge on any atom is 0.338 e. The highest BCUT2D eigenvalue weighted by atomic mass is 16.5. The zero-order valence-corrected chi connectivity index (χ0v) is 19.0. The molecule has 4 rings (SSSR count). The van der Waals surface area contributed by atoms with E-state index in [4.69, 9.17) is 9.15 Å². The van der Waals surface area contributed by atoms with Crippen molar-refractivity contribution in [2.45, 2.75) is 46.1 Å². The van der Waals surface area contributed by atoms with Gasteiger partial charge in [0, 0.05) is 37.2 Å². The molecule has 3 heterocycles. The lowest BCUT2D eigenvalue weighted by Gasteiger charge is -2.10. The second-order valence-corrected chi connectivity index (χ2v) is 8.11. The first-order valence-electron chi connectivity index (χ1n) is 10.8. The number of furan rings is 1. The van der Waals surface area contributed by atoms with Crippen molar-refractivity contribution in [2.24, 2.45) is 0 Å². The van der Waals surface area contributed by atoms with Gasteiger partial charge in [0.25, 0.3) is 0 Å². The normalized spacial score (nSPS) is 13.7. The third kappa shape index (κ3) is 4.84. The maximum atomic E-state index is 12.9. The fourth-order valence-corrected chi connectivity index (χ4v) is 4.10. The third-order valence-corrected chi connectivity index (χ3v) is 5.92. The van der Waals surface area contributed by atoms with Crippen LogP contribution in [0, 0.1) is 0 Å². The van der Waals surface area contributed by atoms with Gasteiger partial charge >= 0.3 is 5.97 Å². The summed E-state index contributed by atoms with van der Waals surface area (Å²) in [5.41, 5.74) is 4.21. The van der Waals surface area contributed by atoms with Crippen molar-refractivity contribution >= 4 is 11.8 Å². The molecular formula is C25H26N4O4. The number of aryl methyl sites for hydroxylation is 1. The Bertz CT molecular complexity index is 1220. The van der Waals surface area contributed by atoms with Crippen LogP contribution in [0.3, 0.4) is 0 Å². The van der Waals surface area contributed by atoms with Gasteiger partial charge in [-0.1, -0.05) is 5.57 Å². The standard InChI is InChI=1S/C25H26N4O4/c1-16-12-19(23(17(16)2)25(31)32-3)13-20(30)8-9-22-27-28-24(18-6-4-10-26-14-18)29(22)15-21-7-5-11-33-21/h4-7,10-11,14H,8-9,12-13,15H2,1-3H3. The SMILES string of the molecule is COC(=O)C1=C(CC(=O)CCc2nnc(-c3cccnc3)n2Cc2ccco2)CC(C)=C1C. The van der Waals surface area contributed by atoms with Gasteiger partial charge in [-0.2, -0.15) is 0 Å². The lowest BCUT2D eigenvalue weighted by molar-refractivity contribution is -0.135. The average Bonchev–Trinajstić information content (AvgIpc) is 3.54. The number of nitrogens with zero attached hydrogens (tertiary/aromatic N) is 4. The second kappa shape index (κ2) is 9.77.